The zero-order valence-electron chi connectivity index (χ0n) is 10.3. The molecular weight excluding hydrogens is 236 g/mol. The zero-order valence-corrected chi connectivity index (χ0v) is 10.3. The summed E-state index contributed by atoms with van der Waals surface area (Å²) < 4.78 is 9.29. The molecule has 96 valence electrons. The van der Waals surface area contributed by atoms with Gasteiger partial charge < -0.3 is 9.47 Å². The molecule has 0 saturated carbocycles. The van der Waals surface area contributed by atoms with Crippen LogP contribution in [-0.2, 0) is 14.3 Å². The fraction of sp³-hybridized carbons (Fsp3) is 0.308. The number of ketones is 1. The van der Waals surface area contributed by atoms with Crippen molar-refractivity contribution in [2.24, 2.45) is 0 Å². The van der Waals surface area contributed by atoms with Crippen LogP contribution in [0.2, 0.25) is 0 Å². The Balaban J connectivity index is 2.59. The molecule has 5 heteroatoms. The van der Waals surface area contributed by atoms with Crippen LogP contribution in [-0.4, -0.2) is 24.8 Å². The van der Waals surface area contributed by atoms with E-state index in [2.05, 4.69) is 4.74 Å². The summed E-state index contributed by atoms with van der Waals surface area (Å²) in [5.41, 5.74) is 0.467. The third-order valence-corrected chi connectivity index (χ3v) is 2.22. The van der Waals surface area contributed by atoms with Crippen molar-refractivity contribution in [3.05, 3.63) is 29.8 Å². The lowest BCUT2D eigenvalue weighted by Gasteiger charge is -2.03. The Morgan fingerprint density at radius 3 is 2.17 bits per heavy atom. The van der Waals surface area contributed by atoms with E-state index in [0.717, 1.165) is 0 Å². The minimum Gasteiger partial charge on any atom is -0.469 e. The number of carbonyl (C=O) groups is 3. The van der Waals surface area contributed by atoms with Crippen molar-refractivity contribution in [2.45, 2.75) is 19.8 Å². The van der Waals surface area contributed by atoms with Crippen molar-refractivity contribution < 1.29 is 23.9 Å². The molecule has 0 unspecified atom stereocenters. The Bertz CT molecular complexity index is 447. The van der Waals surface area contributed by atoms with Crippen LogP contribution in [0.3, 0.4) is 0 Å². The Kier molecular flexibility index (Phi) is 5.05. The molecule has 0 spiro atoms. The van der Waals surface area contributed by atoms with Crippen LogP contribution >= 0.6 is 0 Å². The average Bonchev–Trinajstić information content (AvgIpc) is 2.35. The Morgan fingerprint density at radius 1 is 1.06 bits per heavy atom. The van der Waals surface area contributed by atoms with Gasteiger partial charge in [-0.2, -0.15) is 0 Å². The van der Waals surface area contributed by atoms with Gasteiger partial charge in [-0.3, -0.25) is 14.4 Å². The predicted octanol–water partition coefficient (Wildman–Crippen LogP) is 1.75. The standard InChI is InChI=1S/C13H14O5/c1-9(14)18-11-5-3-10(4-6-11)12(15)7-8-13(16)17-2/h3-6H,7-8H2,1-2H3. The molecule has 0 aliphatic rings. The fourth-order valence-corrected chi connectivity index (χ4v) is 1.34. The highest BCUT2D eigenvalue weighted by Gasteiger charge is 2.09. The fourth-order valence-electron chi connectivity index (χ4n) is 1.34. The van der Waals surface area contributed by atoms with Gasteiger partial charge in [0.2, 0.25) is 0 Å². The van der Waals surface area contributed by atoms with E-state index in [1.54, 1.807) is 12.1 Å². The number of hydrogen-bond acceptors (Lipinski definition) is 5. The Morgan fingerprint density at radius 2 is 1.67 bits per heavy atom. The van der Waals surface area contributed by atoms with Crippen LogP contribution in [0.5, 0.6) is 5.75 Å². The SMILES string of the molecule is COC(=O)CCC(=O)c1ccc(OC(C)=O)cc1. The topological polar surface area (TPSA) is 69.7 Å². The largest absolute Gasteiger partial charge is 0.469 e. The lowest BCUT2D eigenvalue weighted by Crippen LogP contribution is -2.06. The van der Waals surface area contributed by atoms with Gasteiger partial charge in [-0.05, 0) is 24.3 Å². The molecule has 0 aliphatic heterocycles. The van der Waals surface area contributed by atoms with Gasteiger partial charge in [0, 0.05) is 18.9 Å². The summed E-state index contributed by atoms with van der Waals surface area (Å²) in [6.45, 7) is 1.30. The zero-order chi connectivity index (χ0) is 13.5. The van der Waals surface area contributed by atoms with Crippen LogP contribution in [0.4, 0.5) is 0 Å². The van der Waals surface area contributed by atoms with E-state index in [0.29, 0.717) is 11.3 Å². The number of methoxy groups -OCH3 is 1. The van der Waals surface area contributed by atoms with Crippen LogP contribution < -0.4 is 4.74 Å². The van der Waals surface area contributed by atoms with Crippen molar-refractivity contribution in [2.75, 3.05) is 7.11 Å². The van der Waals surface area contributed by atoms with Gasteiger partial charge in [0.1, 0.15) is 5.75 Å². The van der Waals surface area contributed by atoms with Crippen molar-refractivity contribution >= 4 is 17.7 Å². The molecule has 1 rings (SSSR count). The molecule has 0 atom stereocenters. The molecule has 0 N–H and O–H groups in total. The number of carbonyl (C=O) groups excluding carboxylic acids is 3. The van der Waals surface area contributed by atoms with Gasteiger partial charge in [-0.15, -0.1) is 0 Å². The number of ether oxygens (including phenoxy) is 2. The van der Waals surface area contributed by atoms with Crippen molar-refractivity contribution in [3.63, 3.8) is 0 Å². The summed E-state index contributed by atoms with van der Waals surface area (Å²) in [5, 5.41) is 0. The van der Waals surface area contributed by atoms with Crippen LogP contribution in [0.15, 0.2) is 24.3 Å². The van der Waals surface area contributed by atoms with Crippen LogP contribution in [0, 0.1) is 0 Å². The number of benzene rings is 1. The summed E-state index contributed by atoms with van der Waals surface area (Å²) in [4.78, 5) is 33.3. The summed E-state index contributed by atoms with van der Waals surface area (Å²) in [5.74, 6) is -0.610. The smallest absolute Gasteiger partial charge is 0.308 e. The van der Waals surface area contributed by atoms with Crippen molar-refractivity contribution in [3.8, 4) is 5.75 Å². The van der Waals surface area contributed by atoms with Gasteiger partial charge in [0.25, 0.3) is 0 Å². The number of rotatable bonds is 5. The number of Topliss-reactive ketones (excluding diaryl/α,β-unsaturated/α-hetero) is 1. The van der Waals surface area contributed by atoms with E-state index in [9.17, 15) is 14.4 Å². The first kappa shape index (κ1) is 13.9. The molecule has 1 aromatic rings. The van der Waals surface area contributed by atoms with Gasteiger partial charge in [-0.1, -0.05) is 0 Å². The molecule has 0 bridgehead atoms. The average molecular weight is 250 g/mol. The number of esters is 2. The maximum atomic E-state index is 11.7. The summed E-state index contributed by atoms with van der Waals surface area (Å²) in [7, 11) is 1.28. The van der Waals surface area contributed by atoms with Crippen LogP contribution in [0.1, 0.15) is 30.1 Å². The highest BCUT2D eigenvalue weighted by Crippen LogP contribution is 2.14. The van der Waals surface area contributed by atoms with E-state index in [-0.39, 0.29) is 18.6 Å². The van der Waals surface area contributed by atoms with E-state index in [1.165, 1.54) is 26.2 Å². The third-order valence-electron chi connectivity index (χ3n) is 2.22. The molecule has 0 saturated heterocycles. The quantitative estimate of drug-likeness (QED) is 0.452. The van der Waals surface area contributed by atoms with Gasteiger partial charge >= 0.3 is 11.9 Å². The number of hydrogen-bond donors (Lipinski definition) is 0. The molecule has 0 aliphatic carbocycles. The summed E-state index contributed by atoms with van der Waals surface area (Å²) in [6, 6.07) is 6.18. The predicted molar refractivity (Wildman–Crippen MR) is 63.3 cm³/mol. The molecule has 0 radical (unpaired) electrons. The first-order valence-electron chi connectivity index (χ1n) is 5.41. The Hall–Kier alpha value is -2.17. The lowest BCUT2D eigenvalue weighted by atomic mass is 10.1. The third kappa shape index (κ3) is 4.37. The lowest BCUT2D eigenvalue weighted by molar-refractivity contribution is -0.140. The highest BCUT2D eigenvalue weighted by molar-refractivity contribution is 5.97. The molecule has 0 fully saturated rings. The van der Waals surface area contributed by atoms with Gasteiger partial charge in [0.15, 0.2) is 5.78 Å². The summed E-state index contributed by atoms with van der Waals surface area (Å²) >= 11 is 0. The second kappa shape index (κ2) is 6.54. The van der Waals surface area contributed by atoms with E-state index in [1.807, 2.05) is 0 Å². The molecule has 0 aromatic heterocycles. The van der Waals surface area contributed by atoms with E-state index < -0.39 is 11.9 Å². The molecule has 0 heterocycles. The second-order valence-electron chi connectivity index (χ2n) is 3.62. The molecule has 5 nitrogen and oxygen atoms in total. The summed E-state index contributed by atoms with van der Waals surface area (Å²) in [6.07, 6.45) is 0.153. The molecule has 1 aromatic carbocycles. The Labute approximate surface area is 105 Å². The first-order chi connectivity index (χ1) is 8.52. The van der Waals surface area contributed by atoms with E-state index >= 15 is 0 Å². The minimum atomic E-state index is -0.417. The molecule has 18 heavy (non-hydrogen) atoms. The van der Waals surface area contributed by atoms with Crippen LogP contribution in [0.25, 0.3) is 0 Å². The maximum Gasteiger partial charge on any atom is 0.308 e. The van der Waals surface area contributed by atoms with E-state index in [4.69, 9.17) is 4.74 Å². The molecular formula is C13H14O5. The highest BCUT2D eigenvalue weighted by atomic mass is 16.5. The normalized spacial score (nSPS) is 9.67. The first-order valence-corrected chi connectivity index (χ1v) is 5.41. The van der Waals surface area contributed by atoms with Gasteiger partial charge in [-0.25, -0.2) is 0 Å². The van der Waals surface area contributed by atoms with Gasteiger partial charge in [0.05, 0.1) is 13.5 Å². The molecule has 0 amide bonds. The monoisotopic (exact) mass is 250 g/mol. The minimum absolute atomic E-state index is 0.0566. The second-order valence-corrected chi connectivity index (χ2v) is 3.62. The van der Waals surface area contributed by atoms with Crippen molar-refractivity contribution in [1.29, 1.82) is 0 Å². The maximum absolute atomic E-state index is 11.7. The van der Waals surface area contributed by atoms with Crippen molar-refractivity contribution in [1.82, 2.24) is 0 Å².